The fraction of sp³-hybridized carbons (Fsp3) is 0.562. The molecule has 1 aliphatic carbocycles. The molecule has 6 heteroatoms. The Labute approximate surface area is 128 Å². The van der Waals surface area contributed by atoms with Gasteiger partial charge in [-0.05, 0) is 31.7 Å². The number of aromatic nitrogens is 2. The first-order chi connectivity index (χ1) is 10.5. The molecule has 0 aromatic carbocycles. The Bertz CT molecular complexity index is 704. The van der Waals surface area contributed by atoms with Crippen molar-refractivity contribution in [2.75, 3.05) is 6.61 Å². The van der Waals surface area contributed by atoms with Crippen molar-refractivity contribution in [2.24, 2.45) is 0 Å². The molecule has 1 aliphatic rings. The summed E-state index contributed by atoms with van der Waals surface area (Å²) < 4.78 is 5.36. The van der Waals surface area contributed by atoms with Crippen molar-refractivity contribution in [2.45, 2.75) is 51.5 Å². The van der Waals surface area contributed by atoms with E-state index in [0.717, 1.165) is 24.2 Å². The zero-order valence-corrected chi connectivity index (χ0v) is 13.1. The maximum atomic E-state index is 12.6. The van der Waals surface area contributed by atoms with Crippen LogP contribution in [0.25, 0.3) is 11.1 Å². The number of aliphatic hydroxyl groups excluding tert-OH is 1. The quantitative estimate of drug-likeness (QED) is 0.885. The molecule has 0 spiro atoms. The zero-order chi connectivity index (χ0) is 15.9. The molecule has 118 valence electrons. The van der Waals surface area contributed by atoms with E-state index in [-0.39, 0.29) is 24.5 Å². The Kier molecular flexibility index (Phi) is 3.87. The molecular weight excluding hydrogens is 282 g/mol. The highest BCUT2D eigenvalue weighted by atomic mass is 16.5. The lowest BCUT2D eigenvalue weighted by molar-refractivity contribution is 0.0923. The number of carbonyl (C=O) groups is 1. The third kappa shape index (κ3) is 2.70. The monoisotopic (exact) mass is 303 g/mol. The van der Waals surface area contributed by atoms with Gasteiger partial charge in [0.25, 0.3) is 11.6 Å². The van der Waals surface area contributed by atoms with Crippen LogP contribution in [-0.4, -0.2) is 33.8 Å². The molecule has 0 radical (unpaired) electrons. The van der Waals surface area contributed by atoms with E-state index in [0.29, 0.717) is 22.6 Å². The molecular formula is C16H21N3O3. The van der Waals surface area contributed by atoms with Crippen molar-refractivity contribution >= 4 is 17.0 Å². The van der Waals surface area contributed by atoms with Gasteiger partial charge < -0.3 is 14.9 Å². The van der Waals surface area contributed by atoms with Gasteiger partial charge in [0.15, 0.2) is 0 Å². The van der Waals surface area contributed by atoms with Crippen molar-refractivity contribution in [3.05, 3.63) is 23.0 Å². The van der Waals surface area contributed by atoms with Crippen LogP contribution in [0, 0.1) is 0 Å². The molecule has 2 N–H and O–H groups in total. The van der Waals surface area contributed by atoms with Crippen molar-refractivity contribution in [1.82, 2.24) is 15.5 Å². The van der Waals surface area contributed by atoms with Crippen LogP contribution in [0.5, 0.6) is 0 Å². The molecule has 1 unspecified atom stereocenters. The van der Waals surface area contributed by atoms with Gasteiger partial charge in [0.05, 0.1) is 23.3 Å². The fourth-order valence-electron chi connectivity index (χ4n) is 2.50. The number of hydrogen-bond donors (Lipinski definition) is 2. The van der Waals surface area contributed by atoms with Crippen LogP contribution in [-0.2, 0) is 0 Å². The molecule has 0 bridgehead atoms. The summed E-state index contributed by atoms with van der Waals surface area (Å²) in [6.07, 6.45) is 2.19. The number of aliphatic hydroxyl groups is 1. The lowest BCUT2D eigenvalue weighted by Crippen LogP contribution is -2.35. The molecule has 2 aromatic heterocycles. The first-order valence-electron chi connectivity index (χ1n) is 7.73. The van der Waals surface area contributed by atoms with Crippen LogP contribution in [0.4, 0.5) is 0 Å². The maximum absolute atomic E-state index is 12.6. The van der Waals surface area contributed by atoms with E-state index in [2.05, 4.69) is 15.5 Å². The molecule has 2 heterocycles. The fourth-order valence-corrected chi connectivity index (χ4v) is 2.50. The summed E-state index contributed by atoms with van der Waals surface area (Å²) in [5.41, 5.74) is 2.60. The smallest absolute Gasteiger partial charge is 0.259 e. The summed E-state index contributed by atoms with van der Waals surface area (Å²) >= 11 is 0. The molecule has 2 aromatic rings. The second-order valence-corrected chi connectivity index (χ2v) is 6.33. The lowest BCUT2D eigenvalue weighted by atomic mass is 10.0. The molecule has 6 nitrogen and oxygen atoms in total. The first-order valence-corrected chi connectivity index (χ1v) is 7.73. The number of nitrogens with one attached hydrogen (secondary N) is 1. The number of amides is 1. The molecule has 1 amide bonds. The van der Waals surface area contributed by atoms with Gasteiger partial charge in [-0.15, -0.1) is 0 Å². The molecule has 22 heavy (non-hydrogen) atoms. The van der Waals surface area contributed by atoms with Gasteiger partial charge >= 0.3 is 0 Å². The summed E-state index contributed by atoms with van der Waals surface area (Å²) in [5.74, 6) is 0.330. The third-order valence-electron chi connectivity index (χ3n) is 3.93. The summed E-state index contributed by atoms with van der Waals surface area (Å²) in [6.45, 7) is 5.67. The zero-order valence-electron chi connectivity index (χ0n) is 13.1. The minimum atomic E-state index is -0.303. The largest absolute Gasteiger partial charge is 0.394 e. The van der Waals surface area contributed by atoms with E-state index >= 15 is 0 Å². The van der Waals surface area contributed by atoms with Crippen molar-refractivity contribution in [1.29, 1.82) is 0 Å². The molecule has 1 saturated carbocycles. The molecule has 1 fully saturated rings. The van der Waals surface area contributed by atoms with Gasteiger partial charge in [0.1, 0.15) is 0 Å². The molecule has 3 rings (SSSR count). The molecule has 0 aliphatic heterocycles. The standard InChI is InChI=1S/C16H21N3O3/c1-8(2)14-13-11(15(21)17-9(3)7-20)6-12(10-4-5-10)18-16(13)22-19-14/h6,8-10,20H,4-5,7H2,1-3H3,(H,17,21). The molecule has 0 saturated heterocycles. The van der Waals surface area contributed by atoms with Crippen molar-refractivity contribution < 1.29 is 14.4 Å². The highest BCUT2D eigenvalue weighted by molar-refractivity contribution is 6.06. The summed E-state index contributed by atoms with van der Waals surface area (Å²) in [5, 5.41) is 16.7. The van der Waals surface area contributed by atoms with Crippen molar-refractivity contribution in [3.63, 3.8) is 0 Å². The van der Waals surface area contributed by atoms with E-state index in [1.165, 1.54) is 0 Å². The second kappa shape index (κ2) is 5.68. The van der Waals surface area contributed by atoms with Gasteiger partial charge in [-0.2, -0.15) is 0 Å². The minimum absolute atomic E-state index is 0.101. The predicted octanol–water partition coefficient (Wildman–Crippen LogP) is 2.33. The first kappa shape index (κ1) is 15.0. The van der Waals surface area contributed by atoms with Crippen molar-refractivity contribution in [3.8, 4) is 0 Å². The number of pyridine rings is 1. The summed E-state index contributed by atoms with van der Waals surface area (Å²) in [6, 6.07) is 1.55. The van der Waals surface area contributed by atoms with Crippen LogP contribution in [0.3, 0.4) is 0 Å². The average Bonchev–Trinajstić information content (AvgIpc) is 3.25. The van der Waals surface area contributed by atoms with Crippen LogP contribution < -0.4 is 5.32 Å². The Balaban J connectivity index is 2.11. The number of carbonyl (C=O) groups excluding carboxylic acids is 1. The number of hydrogen-bond acceptors (Lipinski definition) is 5. The van der Waals surface area contributed by atoms with E-state index < -0.39 is 0 Å². The Morgan fingerprint density at radius 1 is 1.45 bits per heavy atom. The maximum Gasteiger partial charge on any atom is 0.259 e. The lowest BCUT2D eigenvalue weighted by Gasteiger charge is -2.12. The SMILES string of the molecule is CC(CO)NC(=O)c1cc(C2CC2)nc2onc(C(C)C)c12. The van der Waals surface area contributed by atoms with E-state index in [9.17, 15) is 4.79 Å². The van der Waals surface area contributed by atoms with Gasteiger partial charge in [-0.3, -0.25) is 4.79 Å². The predicted molar refractivity (Wildman–Crippen MR) is 81.9 cm³/mol. The third-order valence-corrected chi connectivity index (χ3v) is 3.93. The number of fused-ring (bicyclic) bond motifs is 1. The van der Waals surface area contributed by atoms with Gasteiger partial charge in [0.2, 0.25) is 0 Å². The van der Waals surface area contributed by atoms with Crippen LogP contribution in [0.1, 0.15) is 67.2 Å². The van der Waals surface area contributed by atoms with E-state index in [4.69, 9.17) is 9.63 Å². The highest BCUT2D eigenvalue weighted by Crippen LogP contribution is 2.41. The average molecular weight is 303 g/mol. The van der Waals surface area contributed by atoms with Gasteiger partial charge in [-0.25, -0.2) is 4.98 Å². The molecule has 1 atom stereocenters. The van der Waals surface area contributed by atoms with Crippen LogP contribution in [0.15, 0.2) is 10.6 Å². The minimum Gasteiger partial charge on any atom is -0.394 e. The summed E-state index contributed by atoms with van der Waals surface area (Å²) in [4.78, 5) is 17.1. The second-order valence-electron chi connectivity index (χ2n) is 6.33. The van der Waals surface area contributed by atoms with Gasteiger partial charge in [-0.1, -0.05) is 19.0 Å². The van der Waals surface area contributed by atoms with Crippen LogP contribution in [0.2, 0.25) is 0 Å². The van der Waals surface area contributed by atoms with E-state index in [1.54, 1.807) is 6.92 Å². The Morgan fingerprint density at radius 2 is 2.18 bits per heavy atom. The van der Waals surface area contributed by atoms with E-state index in [1.807, 2.05) is 19.9 Å². The number of nitrogens with zero attached hydrogens (tertiary/aromatic N) is 2. The topological polar surface area (TPSA) is 88.2 Å². The van der Waals surface area contributed by atoms with Crippen LogP contribution >= 0.6 is 0 Å². The highest BCUT2D eigenvalue weighted by Gasteiger charge is 2.29. The summed E-state index contributed by atoms with van der Waals surface area (Å²) in [7, 11) is 0. The number of rotatable bonds is 5. The van der Waals surface area contributed by atoms with Gasteiger partial charge in [0, 0.05) is 17.7 Å². The Morgan fingerprint density at radius 3 is 2.77 bits per heavy atom. The Hall–Kier alpha value is -1.95. The normalized spacial score (nSPS) is 16.2.